The Morgan fingerprint density at radius 1 is 1.29 bits per heavy atom. The predicted molar refractivity (Wildman–Crippen MR) is 121 cm³/mol. The molecular weight excluding hydrogens is 393 g/mol. The molecule has 2 aromatic carbocycles. The van der Waals surface area contributed by atoms with Crippen molar-refractivity contribution in [1.29, 1.82) is 0 Å². The summed E-state index contributed by atoms with van der Waals surface area (Å²) in [5, 5.41) is 1.97. The van der Waals surface area contributed by atoms with Crippen LogP contribution in [0.15, 0.2) is 48.4 Å². The number of likely N-dealkylation sites (tertiary alicyclic amines) is 1. The first-order chi connectivity index (χ1) is 20.7. The number of nitrogens with zero attached hydrogens (tertiary/aromatic N) is 2. The Balaban J connectivity index is 2.06. The van der Waals surface area contributed by atoms with E-state index >= 15 is 0 Å². The molecule has 1 N–H and O–H groups in total. The van der Waals surface area contributed by atoms with E-state index in [-0.39, 0.29) is 10.5 Å². The van der Waals surface area contributed by atoms with Crippen LogP contribution in [0.2, 0.25) is 0 Å². The van der Waals surface area contributed by atoms with Crippen molar-refractivity contribution in [3.63, 3.8) is 0 Å². The Kier molecular flexibility index (Phi) is 3.72. The molecule has 0 radical (unpaired) electrons. The number of halogens is 1. The van der Waals surface area contributed by atoms with Crippen LogP contribution in [0.1, 0.15) is 58.4 Å². The topological polar surface area (TPSA) is 44.8 Å². The van der Waals surface area contributed by atoms with Crippen LogP contribution in [0.25, 0.3) is 0 Å². The number of ether oxygens (including phenoxy) is 1. The van der Waals surface area contributed by atoms with E-state index in [1.165, 1.54) is 26.0 Å². The Morgan fingerprint density at radius 2 is 1.97 bits per heavy atom. The second-order valence-electron chi connectivity index (χ2n) is 7.10. The first-order valence-corrected chi connectivity index (χ1v) is 9.66. The SMILES string of the molecule is [2H]c1c([2H])c(C([2H])([2H])NC(=O)N(Cc2ccc(F)cc2)C2CC([2H])([2H])N(C([2H])([2H])[2H])C([2H])([2H])C2)c([2H])c([2H])c1OC([2H])([2H])C(C)C. The first kappa shape index (κ1) is 10.3. The number of benzene rings is 2. The lowest BCUT2D eigenvalue weighted by Gasteiger charge is -2.37. The van der Waals surface area contributed by atoms with Crippen molar-refractivity contribution in [3.05, 3.63) is 65.4 Å². The number of amides is 2. The van der Waals surface area contributed by atoms with Gasteiger partial charge < -0.3 is 19.9 Å². The molecule has 0 aliphatic carbocycles. The number of hydrogen-bond acceptors (Lipinski definition) is 3. The summed E-state index contributed by atoms with van der Waals surface area (Å²) >= 11 is 0. The van der Waals surface area contributed by atoms with Crippen LogP contribution < -0.4 is 10.1 Å². The number of urea groups is 1. The maximum Gasteiger partial charge on any atom is 0.318 e. The largest absolute Gasteiger partial charge is 0.493 e. The fourth-order valence-corrected chi connectivity index (χ4v) is 2.67. The molecule has 6 heteroatoms. The summed E-state index contributed by atoms with van der Waals surface area (Å²) in [6.07, 6.45) is -1.46. The van der Waals surface area contributed by atoms with Gasteiger partial charge in [-0.1, -0.05) is 38.1 Å². The van der Waals surface area contributed by atoms with Crippen molar-refractivity contribution in [2.45, 2.75) is 45.8 Å². The molecule has 0 bridgehead atoms. The van der Waals surface area contributed by atoms with Gasteiger partial charge in [0, 0.05) is 28.7 Å². The smallest absolute Gasteiger partial charge is 0.318 e. The van der Waals surface area contributed by atoms with Crippen LogP contribution in [-0.2, 0) is 13.0 Å². The van der Waals surface area contributed by atoms with Crippen LogP contribution in [0.4, 0.5) is 9.18 Å². The third-order valence-corrected chi connectivity index (χ3v) is 4.23. The number of piperidine rings is 1. The molecule has 1 heterocycles. The van der Waals surface area contributed by atoms with Gasteiger partial charge in [-0.05, 0) is 74.1 Å². The van der Waals surface area contributed by atoms with E-state index in [0.717, 1.165) is 17.0 Å². The first-order valence-electron chi connectivity index (χ1n) is 17.2. The van der Waals surface area contributed by atoms with Crippen LogP contribution in [-0.4, -0.2) is 48.4 Å². The number of carbonyl (C=O) groups is 1. The standard InChI is InChI=1S/C25H34FN3O2/c1-19(2)18-31-24-10-6-20(7-11-24)16-27-25(30)29(23-12-14-28(3)15-13-23)17-21-4-8-22(26)9-5-21/h4-11,19,23H,12-18H2,1-3H3,(H,27,30)/i3D3,6D,7D,10D,11D,14D2,15D2,16D2,18D2. The highest BCUT2D eigenvalue weighted by molar-refractivity contribution is 5.74. The summed E-state index contributed by atoms with van der Waals surface area (Å²) in [7, 11) is 0. The summed E-state index contributed by atoms with van der Waals surface area (Å²) in [5.41, 5.74) is -0.667. The maximum atomic E-state index is 13.8. The summed E-state index contributed by atoms with van der Waals surface area (Å²) in [6, 6.07) is -1.80. The van der Waals surface area contributed by atoms with Crippen molar-refractivity contribution >= 4 is 6.03 Å². The Morgan fingerprint density at radius 3 is 2.58 bits per heavy atom. The van der Waals surface area contributed by atoms with Gasteiger partial charge in [0.05, 0.1) is 17.5 Å². The van der Waals surface area contributed by atoms with Crippen LogP contribution >= 0.6 is 0 Å². The molecule has 0 saturated carbocycles. The zero-order valence-corrected chi connectivity index (χ0v) is 17.2. The van der Waals surface area contributed by atoms with Gasteiger partial charge in [0.25, 0.3) is 0 Å². The van der Waals surface area contributed by atoms with Gasteiger partial charge in [0.2, 0.25) is 0 Å². The monoisotopic (exact) mass is 442 g/mol. The third-order valence-electron chi connectivity index (χ3n) is 4.23. The van der Waals surface area contributed by atoms with Crippen molar-refractivity contribution in [1.82, 2.24) is 15.1 Å². The summed E-state index contributed by atoms with van der Waals surface area (Å²) in [4.78, 5) is 14.7. The Labute approximate surface area is 206 Å². The molecule has 2 aromatic rings. The molecule has 1 fully saturated rings. The number of rotatable bonds is 8. The van der Waals surface area contributed by atoms with E-state index in [1.807, 2.05) is 5.32 Å². The van der Waals surface area contributed by atoms with E-state index in [9.17, 15) is 9.18 Å². The highest BCUT2D eigenvalue weighted by atomic mass is 19.1. The molecule has 5 nitrogen and oxygen atoms in total. The zero-order valence-electron chi connectivity index (χ0n) is 32.2. The number of hydrogen-bond donors (Lipinski definition) is 1. The molecule has 3 rings (SSSR count). The van der Waals surface area contributed by atoms with Crippen molar-refractivity contribution in [2.75, 3.05) is 26.5 Å². The van der Waals surface area contributed by atoms with Gasteiger partial charge >= 0.3 is 6.03 Å². The molecule has 1 aliphatic heterocycles. The normalized spacial score (nSPS) is 26.8. The molecule has 0 atom stereocenters. The molecule has 0 spiro atoms. The lowest BCUT2D eigenvalue weighted by molar-refractivity contribution is 0.127. The highest BCUT2D eigenvalue weighted by Crippen LogP contribution is 2.19. The summed E-state index contributed by atoms with van der Waals surface area (Å²) in [5.74, 6) is -2.16. The molecular formula is C25H34FN3O2. The van der Waals surface area contributed by atoms with Gasteiger partial charge in [-0.25, -0.2) is 9.18 Å². The molecule has 2 amide bonds. The van der Waals surface area contributed by atoms with Gasteiger partial charge in [-0.15, -0.1) is 0 Å². The van der Waals surface area contributed by atoms with Crippen LogP contribution in [0.3, 0.4) is 0 Å². The molecule has 31 heavy (non-hydrogen) atoms. The minimum Gasteiger partial charge on any atom is -0.493 e. The van der Waals surface area contributed by atoms with Gasteiger partial charge in [0.1, 0.15) is 11.6 Å². The molecule has 168 valence electrons. The molecule has 1 saturated heterocycles. The maximum absolute atomic E-state index is 13.8. The predicted octanol–water partition coefficient (Wildman–Crippen LogP) is 4.67. The van der Waals surface area contributed by atoms with Gasteiger partial charge in [-0.2, -0.15) is 0 Å². The van der Waals surface area contributed by atoms with E-state index in [2.05, 4.69) is 0 Å². The zero-order chi connectivity index (χ0) is 35.4. The minimum atomic E-state index is -3.19. The Bertz CT molecular complexity index is 1400. The number of nitrogens with one attached hydrogen (secondary N) is 1. The minimum absolute atomic E-state index is 0.0896. The van der Waals surface area contributed by atoms with Crippen molar-refractivity contribution in [3.8, 4) is 5.75 Å². The second kappa shape index (κ2) is 11.1. The van der Waals surface area contributed by atoms with E-state index in [1.54, 1.807) is 0 Å². The van der Waals surface area contributed by atoms with Crippen LogP contribution in [0.5, 0.6) is 5.75 Å². The summed E-state index contributed by atoms with van der Waals surface area (Å²) < 4.78 is 142. The lowest BCUT2D eigenvalue weighted by Crippen LogP contribution is -2.49. The fraction of sp³-hybridized carbons (Fsp3) is 0.480. The molecule has 0 unspecified atom stereocenters. The average Bonchev–Trinajstić information content (AvgIpc) is 2.86. The highest BCUT2D eigenvalue weighted by Gasteiger charge is 2.27. The van der Waals surface area contributed by atoms with Gasteiger partial charge in [0.15, 0.2) is 0 Å². The van der Waals surface area contributed by atoms with E-state index < -0.39 is 112 Å². The third kappa shape index (κ3) is 7.24. The summed E-state index contributed by atoms with van der Waals surface area (Å²) in [6.45, 7) is -11.9. The van der Waals surface area contributed by atoms with E-state index in [0.29, 0.717) is 0 Å². The van der Waals surface area contributed by atoms with Crippen LogP contribution in [0, 0.1) is 11.7 Å². The van der Waals surface area contributed by atoms with E-state index in [4.69, 9.17) is 25.3 Å². The molecule has 1 aliphatic rings. The van der Waals surface area contributed by atoms with Crippen molar-refractivity contribution < 1.29 is 34.5 Å². The number of carbonyl (C=O) groups excluding carboxylic acids is 1. The average molecular weight is 443 g/mol. The van der Waals surface area contributed by atoms with Gasteiger partial charge in [-0.3, -0.25) is 0 Å². The quantitative estimate of drug-likeness (QED) is 0.646. The van der Waals surface area contributed by atoms with Crippen molar-refractivity contribution in [2.24, 2.45) is 5.92 Å². The second-order valence-corrected chi connectivity index (χ2v) is 7.10. The lowest BCUT2D eigenvalue weighted by atomic mass is 10.0. The fourth-order valence-electron chi connectivity index (χ4n) is 2.67. The Hall–Kier alpha value is -2.60. The molecule has 0 aromatic heterocycles.